The first-order valence-corrected chi connectivity index (χ1v) is 8.77. The van der Waals surface area contributed by atoms with Crippen molar-refractivity contribution in [2.45, 2.75) is 12.3 Å². The lowest BCUT2D eigenvalue weighted by Gasteiger charge is -2.27. The second-order valence-corrected chi connectivity index (χ2v) is 7.09. The number of carbonyl (C=O) groups is 1. The summed E-state index contributed by atoms with van der Waals surface area (Å²) in [7, 11) is 7.81. The highest BCUT2D eigenvalue weighted by molar-refractivity contribution is 6.11. The molecule has 0 aliphatic heterocycles. The first kappa shape index (κ1) is 17.9. The van der Waals surface area contributed by atoms with Crippen molar-refractivity contribution in [1.29, 1.82) is 0 Å². The van der Waals surface area contributed by atoms with Crippen LogP contribution in [0.3, 0.4) is 0 Å². The maximum Gasteiger partial charge on any atom is 0.190 e. The summed E-state index contributed by atoms with van der Waals surface area (Å²) in [6, 6.07) is 16.2. The molecule has 1 aliphatic rings. The number of rotatable bonds is 4. The number of fused-ring (bicyclic) bond motifs is 1. The number of hydrogen-bond donors (Lipinski definition) is 0. The van der Waals surface area contributed by atoms with Gasteiger partial charge >= 0.3 is 0 Å². The molecule has 3 rings (SSSR count). The summed E-state index contributed by atoms with van der Waals surface area (Å²) in [5.74, 6) is 0.319. The standard InChI is InChI=1S/C22H25N3O/c1-24(2)14-17-13-21(19-7-5-6-8-20(19)22(17)26)16-9-11-18(12-10-16)23-15-25(3)4/h5-12,14-15,21H,13H2,1-4H3/b17-14+,23-15?. The zero-order valence-corrected chi connectivity index (χ0v) is 15.8. The predicted molar refractivity (Wildman–Crippen MR) is 107 cm³/mol. The second-order valence-electron chi connectivity index (χ2n) is 7.09. The Balaban J connectivity index is 1.98. The summed E-state index contributed by atoms with van der Waals surface area (Å²) in [5, 5.41) is 0. The number of aliphatic imine (C=N–C) groups is 1. The largest absolute Gasteiger partial charge is 0.383 e. The summed E-state index contributed by atoms with van der Waals surface area (Å²) in [4.78, 5) is 21.1. The Bertz CT molecular complexity index is 848. The number of nitrogens with zero attached hydrogens (tertiary/aromatic N) is 3. The van der Waals surface area contributed by atoms with Crippen molar-refractivity contribution in [2.24, 2.45) is 4.99 Å². The van der Waals surface area contributed by atoms with Crippen LogP contribution in [0.2, 0.25) is 0 Å². The van der Waals surface area contributed by atoms with Crippen LogP contribution in [0.15, 0.2) is 65.3 Å². The van der Waals surface area contributed by atoms with Gasteiger partial charge in [0.2, 0.25) is 0 Å². The predicted octanol–water partition coefficient (Wildman–Crippen LogP) is 4.07. The average molecular weight is 347 g/mol. The van der Waals surface area contributed by atoms with E-state index in [0.717, 1.165) is 22.4 Å². The van der Waals surface area contributed by atoms with Crippen LogP contribution in [0.5, 0.6) is 0 Å². The Morgan fingerprint density at radius 2 is 1.65 bits per heavy atom. The van der Waals surface area contributed by atoms with Crippen LogP contribution in [-0.4, -0.2) is 50.1 Å². The van der Waals surface area contributed by atoms with Crippen LogP contribution in [0.4, 0.5) is 5.69 Å². The molecule has 0 bridgehead atoms. The number of Topliss-reactive ketones (excluding diaryl/α,β-unsaturated/α-hetero) is 1. The number of benzene rings is 2. The second kappa shape index (κ2) is 7.56. The Hall–Kier alpha value is -2.88. The van der Waals surface area contributed by atoms with Gasteiger partial charge in [-0.1, -0.05) is 36.4 Å². The van der Waals surface area contributed by atoms with Crippen LogP contribution in [0.25, 0.3) is 0 Å². The third-order valence-electron chi connectivity index (χ3n) is 4.44. The topological polar surface area (TPSA) is 35.9 Å². The zero-order chi connectivity index (χ0) is 18.7. The van der Waals surface area contributed by atoms with Crippen molar-refractivity contribution >= 4 is 17.8 Å². The molecule has 0 N–H and O–H groups in total. The summed E-state index contributed by atoms with van der Waals surface area (Å²) < 4.78 is 0. The monoisotopic (exact) mass is 347 g/mol. The molecular weight excluding hydrogens is 322 g/mol. The fourth-order valence-corrected chi connectivity index (χ4v) is 3.30. The van der Waals surface area contributed by atoms with Crippen LogP contribution in [0.1, 0.15) is 33.8 Å². The molecule has 4 heteroatoms. The van der Waals surface area contributed by atoms with Gasteiger partial charge in [-0.25, -0.2) is 4.99 Å². The summed E-state index contributed by atoms with van der Waals surface area (Å²) in [5.41, 5.74) is 4.91. The van der Waals surface area contributed by atoms with E-state index in [2.05, 4.69) is 23.2 Å². The molecule has 0 fully saturated rings. The van der Waals surface area contributed by atoms with Gasteiger partial charge in [-0.3, -0.25) is 4.79 Å². The molecule has 0 saturated heterocycles. The Kier molecular flexibility index (Phi) is 5.21. The third-order valence-corrected chi connectivity index (χ3v) is 4.44. The van der Waals surface area contributed by atoms with Crippen molar-refractivity contribution in [3.8, 4) is 0 Å². The van der Waals surface area contributed by atoms with E-state index in [1.54, 1.807) is 6.34 Å². The van der Waals surface area contributed by atoms with Crippen molar-refractivity contribution in [3.63, 3.8) is 0 Å². The molecule has 1 unspecified atom stereocenters. The Labute approximate surface area is 155 Å². The molecule has 1 aliphatic carbocycles. The number of ketones is 1. The zero-order valence-electron chi connectivity index (χ0n) is 15.8. The molecule has 0 heterocycles. The smallest absolute Gasteiger partial charge is 0.190 e. The van der Waals surface area contributed by atoms with Crippen LogP contribution >= 0.6 is 0 Å². The first-order chi connectivity index (χ1) is 12.5. The van der Waals surface area contributed by atoms with E-state index >= 15 is 0 Å². The normalized spacial score (nSPS) is 18.2. The van der Waals surface area contributed by atoms with Crippen LogP contribution in [-0.2, 0) is 0 Å². The highest BCUT2D eigenvalue weighted by atomic mass is 16.1. The molecule has 0 amide bonds. The average Bonchev–Trinajstić information content (AvgIpc) is 2.62. The van der Waals surface area contributed by atoms with E-state index in [1.807, 2.05) is 74.5 Å². The van der Waals surface area contributed by atoms with Crippen molar-refractivity contribution in [3.05, 3.63) is 77.0 Å². The molecule has 2 aromatic rings. The van der Waals surface area contributed by atoms with Gasteiger partial charge in [0, 0.05) is 51.4 Å². The van der Waals surface area contributed by atoms with Gasteiger partial charge in [0.1, 0.15) is 0 Å². The fraction of sp³-hybridized carbons (Fsp3) is 0.273. The Morgan fingerprint density at radius 3 is 2.31 bits per heavy atom. The molecule has 0 saturated carbocycles. The van der Waals surface area contributed by atoms with Crippen LogP contribution < -0.4 is 0 Å². The summed E-state index contributed by atoms with van der Waals surface area (Å²) >= 11 is 0. The van der Waals surface area contributed by atoms with Gasteiger partial charge in [-0.05, 0) is 29.7 Å². The molecule has 26 heavy (non-hydrogen) atoms. The third kappa shape index (κ3) is 3.85. The van der Waals surface area contributed by atoms with Crippen LogP contribution in [0, 0.1) is 0 Å². The lowest BCUT2D eigenvalue weighted by Crippen LogP contribution is -2.21. The first-order valence-electron chi connectivity index (χ1n) is 8.77. The molecular formula is C22H25N3O. The van der Waals surface area contributed by atoms with E-state index in [1.165, 1.54) is 5.56 Å². The van der Waals surface area contributed by atoms with Crippen molar-refractivity contribution in [1.82, 2.24) is 9.80 Å². The lowest BCUT2D eigenvalue weighted by atomic mass is 9.76. The molecule has 134 valence electrons. The molecule has 0 spiro atoms. The molecule has 4 nitrogen and oxygen atoms in total. The summed E-state index contributed by atoms with van der Waals surface area (Å²) in [6.45, 7) is 0. The van der Waals surface area contributed by atoms with Gasteiger partial charge < -0.3 is 9.80 Å². The Morgan fingerprint density at radius 1 is 0.962 bits per heavy atom. The van der Waals surface area contributed by atoms with E-state index in [-0.39, 0.29) is 11.7 Å². The number of hydrogen-bond acceptors (Lipinski definition) is 3. The van der Waals surface area contributed by atoms with E-state index in [0.29, 0.717) is 6.42 Å². The van der Waals surface area contributed by atoms with Gasteiger partial charge in [0.25, 0.3) is 0 Å². The molecule has 0 aromatic heterocycles. The maximum absolute atomic E-state index is 12.8. The van der Waals surface area contributed by atoms with Crippen molar-refractivity contribution in [2.75, 3.05) is 28.2 Å². The molecule has 1 atom stereocenters. The van der Waals surface area contributed by atoms with E-state index in [9.17, 15) is 4.79 Å². The maximum atomic E-state index is 12.8. The minimum Gasteiger partial charge on any atom is -0.383 e. The summed E-state index contributed by atoms with van der Waals surface area (Å²) in [6.07, 6.45) is 4.46. The highest BCUT2D eigenvalue weighted by Gasteiger charge is 2.30. The molecule has 2 aromatic carbocycles. The fourth-order valence-electron chi connectivity index (χ4n) is 3.30. The quantitative estimate of drug-likeness (QED) is 0.475. The van der Waals surface area contributed by atoms with Gasteiger partial charge in [0.05, 0.1) is 12.0 Å². The number of carbonyl (C=O) groups excluding carboxylic acids is 1. The minimum atomic E-state index is 0.137. The minimum absolute atomic E-state index is 0.137. The van der Waals surface area contributed by atoms with Gasteiger partial charge in [0.15, 0.2) is 5.78 Å². The van der Waals surface area contributed by atoms with Gasteiger partial charge in [-0.15, -0.1) is 0 Å². The van der Waals surface area contributed by atoms with E-state index in [4.69, 9.17) is 0 Å². The van der Waals surface area contributed by atoms with Gasteiger partial charge in [-0.2, -0.15) is 0 Å². The molecule has 0 radical (unpaired) electrons. The lowest BCUT2D eigenvalue weighted by molar-refractivity contribution is 0.102. The highest BCUT2D eigenvalue weighted by Crippen LogP contribution is 2.39. The van der Waals surface area contributed by atoms with Crippen molar-refractivity contribution < 1.29 is 4.79 Å². The SMILES string of the molecule is CN(C)C=Nc1ccc(C2C/C(=C\N(C)C)C(=O)c3ccccc32)cc1. The number of allylic oxidation sites excluding steroid dienone is 1. The van der Waals surface area contributed by atoms with E-state index < -0.39 is 0 Å².